The molecule has 0 spiro atoms. The first-order valence-electron chi connectivity index (χ1n) is 9.82. The zero-order valence-corrected chi connectivity index (χ0v) is 17.1. The second-order valence-electron chi connectivity index (χ2n) is 8.20. The number of imidazole rings is 2. The van der Waals surface area contributed by atoms with E-state index in [-0.39, 0.29) is 5.54 Å². The van der Waals surface area contributed by atoms with Gasteiger partial charge in [0.15, 0.2) is 0 Å². The van der Waals surface area contributed by atoms with E-state index in [0.29, 0.717) is 0 Å². The largest absolute Gasteiger partial charge is 0.497 e. The van der Waals surface area contributed by atoms with E-state index in [1.165, 1.54) is 11.3 Å². The molecule has 2 aromatic heterocycles. The number of nitrogens with zero attached hydrogens (tertiary/aromatic N) is 3. The van der Waals surface area contributed by atoms with E-state index in [4.69, 9.17) is 9.72 Å². The minimum absolute atomic E-state index is 0.132. The molecule has 2 aromatic carbocycles. The molecule has 0 radical (unpaired) electrons. The third-order valence-electron chi connectivity index (χ3n) is 4.96. The van der Waals surface area contributed by atoms with Crippen molar-refractivity contribution in [2.24, 2.45) is 0 Å². The fourth-order valence-corrected chi connectivity index (χ4v) is 3.56. The topological polar surface area (TPSA) is 43.5 Å². The Hall–Kier alpha value is -2.79. The molecule has 0 aliphatic rings. The summed E-state index contributed by atoms with van der Waals surface area (Å²) in [5.74, 6) is 1.86. The van der Waals surface area contributed by atoms with E-state index in [1.807, 2.05) is 18.2 Å². The molecule has 0 bridgehead atoms. The van der Waals surface area contributed by atoms with Crippen LogP contribution in [0.2, 0.25) is 0 Å². The first-order chi connectivity index (χ1) is 13.5. The lowest BCUT2D eigenvalue weighted by atomic mass is 10.1. The lowest BCUT2D eigenvalue weighted by Gasteiger charge is -2.20. The number of benzene rings is 2. The average molecular weight is 377 g/mol. The smallest absolute Gasteiger partial charge is 0.215 e. The van der Waals surface area contributed by atoms with Crippen molar-refractivity contribution in [2.45, 2.75) is 39.3 Å². The normalized spacial score (nSPS) is 12.1. The average Bonchev–Trinajstić information content (AvgIpc) is 3.21. The maximum absolute atomic E-state index is 5.32. The zero-order chi connectivity index (χ0) is 19.7. The summed E-state index contributed by atoms with van der Waals surface area (Å²) in [4.78, 5) is 4.90. The summed E-state index contributed by atoms with van der Waals surface area (Å²) in [7, 11) is 1.69. The van der Waals surface area contributed by atoms with E-state index in [2.05, 4.69) is 71.6 Å². The van der Waals surface area contributed by atoms with Crippen LogP contribution in [0, 0.1) is 0 Å². The van der Waals surface area contributed by atoms with Crippen molar-refractivity contribution in [2.75, 3.05) is 13.7 Å². The van der Waals surface area contributed by atoms with Crippen LogP contribution in [-0.2, 0) is 6.54 Å². The van der Waals surface area contributed by atoms with Gasteiger partial charge in [0.1, 0.15) is 5.75 Å². The standard InChI is InChI=1S/C23H28N4O/c1-23(2,3)24-14-7-15-26-21(17-10-12-18(28-4)13-11-17)16-27-20-9-6-5-8-19(20)25-22(26)27/h5-6,8-13,16,24H,7,14-15H2,1-4H3. The van der Waals surface area contributed by atoms with Crippen molar-refractivity contribution in [1.29, 1.82) is 0 Å². The molecule has 5 nitrogen and oxygen atoms in total. The number of para-hydroxylation sites is 2. The van der Waals surface area contributed by atoms with Gasteiger partial charge in [0.25, 0.3) is 0 Å². The van der Waals surface area contributed by atoms with Gasteiger partial charge < -0.3 is 14.6 Å². The van der Waals surface area contributed by atoms with Crippen LogP contribution in [0.4, 0.5) is 0 Å². The van der Waals surface area contributed by atoms with Crippen molar-refractivity contribution < 1.29 is 4.74 Å². The molecule has 0 amide bonds. The van der Waals surface area contributed by atoms with Crippen molar-refractivity contribution >= 4 is 16.8 Å². The summed E-state index contributed by atoms with van der Waals surface area (Å²) in [6.07, 6.45) is 3.23. The van der Waals surface area contributed by atoms with Crippen LogP contribution in [0.1, 0.15) is 27.2 Å². The minimum atomic E-state index is 0.132. The fourth-order valence-electron chi connectivity index (χ4n) is 3.56. The quantitative estimate of drug-likeness (QED) is 0.494. The van der Waals surface area contributed by atoms with E-state index in [9.17, 15) is 0 Å². The number of hydrogen-bond donors (Lipinski definition) is 1. The Labute approximate surface area is 166 Å². The predicted octanol–water partition coefficient (Wildman–Crippen LogP) is 4.74. The zero-order valence-electron chi connectivity index (χ0n) is 17.1. The van der Waals surface area contributed by atoms with E-state index in [0.717, 1.165) is 42.1 Å². The first kappa shape index (κ1) is 18.6. The third kappa shape index (κ3) is 3.62. The predicted molar refractivity (Wildman–Crippen MR) is 115 cm³/mol. The number of nitrogens with one attached hydrogen (secondary N) is 1. The Morgan fingerprint density at radius 1 is 1.04 bits per heavy atom. The highest BCUT2D eigenvalue weighted by atomic mass is 16.5. The van der Waals surface area contributed by atoms with Crippen LogP contribution >= 0.6 is 0 Å². The molecule has 146 valence electrons. The summed E-state index contributed by atoms with van der Waals surface area (Å²) < 4.78 is 9.84. The Balaban J connectivity index is 1.73. The minimum Gasteiger partial charge on any atom is -0.497 e. The van der Waals surface area contributed by atoms with Gasteiger partial charge in [-0.25, -0.2) is 4.98 Å². The molecule has 2 heterocycles. The lowest BCUT2D eigenvalue weighted by molar-refractivity contribution is 0.414. The molecule has 4 aromatic rings. The van der Waals surface area contributed by atoms with Crippen LogP contribution in [-0.4, -0.2) is 33.1 Å². The molecule has 1 N–H and O–H groups in total. The molecular weight excluding hydrogens is 348 g/mol. The molecule has 0 aliphatic carbocycles. The second kappa shape index (κ2) is 7.32. The van der Waals surface area contributed by atoms with Crippen LogP contribution in [0.15, 0.2) is 54.7 Å². The van der Waals surface area contributed by atoms with Gasteiger partial charge in [0.2, 0.25) is 5.78 Å². The van der Waals surface area contributed by atoms with Crippen LogP contribution < -0.4 is 10.1 Å². The Kier molecular flexibility index (Phi) is 4.85. The number of aromatic nitrogens is 3. The number of hydrogen-bond acceptors (Lipinski definition) is 3. The summed E-state index contributed by atoms with van der Waals surface area (Å²) in [5, 5.41) is 3.58. The van der Waals surface area contributed by atoms with Crippen LogP contribution in [0.3, 0.4) is 0 Å². The van der Waals surface area contributed by atoms with Gasteiger partial charge in [0, 0.05) is 23.8 Å². The maximum atomic E-state index is 5.32. The first-order valence-corrected chi connectivity index (χ1v) is 9.82. The van der Waals surface area contributed by atoms with Crippen molar-refractivity contribution in [3.05, 3.63) is 54.7 Å². The van der Waals surface area contributed by atoms with E-state index < -0.39 is 0 Å². The molecular formula is C23H28N4O. The Morgan fingerprint density at radius 3 is 2.50 bits per heavy atom. The van der Waals surface area contributed by atoms with Gasteiger partial charge in [-0.05, 0) is 70.1 Å². The summed E-state index contributed by atoms with van der Waals surface area (Å²) in [6.45, 7) is 8.47. The van der Waals surface area contributed by atoms with Gasteiger partial charge in [-0.2, -0.15) is 0 Å². The fraction of sp³-hybridized carbons (Fsp3) is 0.348. The van der Waals surface area contributed by atoms with Gasteiger partial charge in [0.05, 0.1) is 23.8 Å². The number of rotatable bonds is 6. The highest BCUT2D eigenvalue weighted by molar-refractivity contribution is 5.81. The lowest BCUT2D eigenvalue weighted by Crippen LogP contribution is -2.36. The van der Waals surface area contributed by atoms with Gasteiger partial charge in [-0.1, -0.05) is 12.1 Å². The SMILES string of the molecule is COc1ccc(-c2cn3c4ccccc4nc3n2CCCNC(C)(C)C)cc1. The van der Waals surface area contributed by atoms with Crippen LogP contribution in [0.25, 0.3) is 28.1 Å². The molecule has 5 heteroatoms. The van der Waals surface area contributed by atoms with Crippen molar-refractivity contribution in [1.82, 2.24) is 19.3 Å². The van der Waals surface area contributed by atoms with Crippen molar-refractivity contribution in [3.63, 3.8) is 0 Å². The van der Waals surface area contributed by atoms with Gasteiger partial charge in [-0.15, -0.1) is 0 Å². The maximum Gasteiger partial charge on any atom is 0.215 e. The molecule has 0 saturated carbocycles. The van der Waals surface area contributed by atoms with Crippen LogP contribution in [0.5, 0.6) is 5.75 Å². The monoisotopic (exact) mass is 376 g/mol. The number of aryl methyl sites for hydroxylation is 1. The second-order valence-corrected chi connectivity index (χ2v) is 8.20. The number of methoxy groups -OCH3 is 1. The van der Waals surface area contributed by atoms with Gasteiger partial charge in [-0.3, -0.25) is 4.40 Å². The summed E-state index contributed by atoms with van der Waals surface area (Å²) in [5.41, 5.74) is 4.64. The number of ether oxygens (including phenoxy) is 1. The van der Waals surface area contributed by atoms with Crippen molar-refractivity contribution in [3.8, 4) is 17.0 Å². The van der Waals surface area contributed by atoms with E-state index >= 15 is 0 Å². The molecule has 0 aliphatic heterocycles. The molecule has 28 heavy (non-hydrogen) atoms. The molecule has 0 atom stereocenters. The number of fused-ring (bicyclic) bond motifs is 3. The summed E-state index contributed by atoms with van der Waals surface area (Å²) in [6, 6.07) is 16.5. The third-order valence-corrected chi connectivity index (χ3v) is 4.96. The molecule has 0 unspecified atom stereocenters. The van der Waals surface area contributed by atoms with Gasteiger partial charge >= 0.3 is 0 Å². The molecule has 4 rings (SSSR count). The molecule has 0 fully saturated rings. The van der Waals surface area contributed by atoms with E-state index in [1.54, 1.807) is 7.11 Å². The Bertz CT molecular complexity index is 1080. The molecule has 0 saturated heterocycles. The highest BCUT2D eigenvalue weighted by Crippen LogP contribution is 2.28. The summed E-state index contributed by atoms with van der Waals surface area (Å²) >= 11 is 0. The Morgan fingerprint density at radius 2 is 1.79 bits per heavy atom. The highest BCUT2D eigenvalue weighted by Gasteiger charge is 2.16.